The number of aliphatic hydroxyl groups is 2. The van der Waals surface area contributed by atoms with Crippen LogP contribution in [-0.2, 0) is 4.74 Å². The summed E-state index contributed by atoms with van der Waals surface area (Å²) in [4.78, 5) is 25.2. The van der Waals surface area contributed by atoms with Gasteiger partial charge in [0.15, 0.2) is 6.23 Å². The molecule has 0 spiro atoms. The lowest BCUT2D eigenvalue weighted by molar-refractivity contribution is -0.0809. The number of ether oxygens (including phenoxy) is 1. The summed E-state index contributed by atoms with van der Waals surface area (Å²) >= 11 is 5.25. The number of rotatable bonds is 2. The molecule has 9 heteroatoms. The minimum atomic E-state index is -2.73. The molecule has 0 bridgehead atoms. The molecule has 1 saturated heterocycles. The van der Waals surface area contributed by atoms with Crippen molar-refractivity contribution >= 4 is 11.6 Å². The first-order chi connectivity index (χ1) is 10.2. The summed E-state index contributed by atoms with van der Waals surface area (Å²) in [5, 5.41) is 21.5. The Morgan fingerprint density at radius 3 is 2.73 bits per heavy atom. The van der Waals surface area contributed by atoms with Crippen molar-refractivity contribution < 1.29 is 19.3 Å². The molecule has 1 aliphatic heterocycles. The van der Waals surface area contributed by atoms with E-state index in [4.69, 9.17) is 16.3 Å². The van der Waals surface area contributed by atoms with Crippen molar-refractivity contribution in [3.05, 3.63) is 32.6 Å². The van der Waals surface area contributed by atoms with Gasteiger partial charge in [-0.05, 0) is 31.4 Å². The van der Waals surface area contributed by atoms with Crippen molar-refractivity contribution in [2.45, 2.75) is 44.1 Å². The Balaban J connectivity index is 2.64. The van der Waals surface area contributed by atoms with E-state index < -0.39 is 41.5 Å². The molecule has 0 aromatic carbocycles. The molecule has 0 aliphatic carbocycles. The molecule has 3 N–H and O–H groups in total. The van der Waals surface area contributed by atoms with Crippen molar-refractivity contribution in [2.75, 3.05) is 0 Å². The van der Waals surface area contributed by atoms with Crippen LogP contribution in [0.3, 0.4) is 0 Å². The number of aryl methyl sites for hydroxylation is 1. The number of nitrogens with one attached hydrogen (secondary N) is 1. The van der Waals surface area contributed by atoms with Crippen molar-refractivity contribution in [1.29, 1.82) is 0 Å². The second kappa shape index (κ2) is 5.85. The normalized spacial score (nSPS) is 32.4. The maximum atomic E-state index is 15.1. The molecule has 1 fully saturated rings. The molecule has 120 valence electrons. The predicted molar refractivity (Wildman–Crippen MR) is 75.1 cm³/mol. The lowest BCUT2D eigenvalue weighted by Crippen LogP contribution is -2.46. The molecule has 22 heavy (non-hydrogen) atoms. The van der Waals surface area contributed by atoms with Gasteiger partial charge in [0.1, 0.15) is 12.2 Å². The van der Waals surface area contributed by atoms with Crippen LogP contribution in [-0.4, -0.2) is 43.7 Å². The zero-order chi connectivity index (χ0) is 16.7. The molecule has 2 rings (SSSR count). The van der Waals surface area contributed by atoms with Gasteiger partial charge in [0.05, 0.1) is 6.10 Å². The molecular formula is C13H14ClFN2O5. The fourth-order valence-electron chi connectivity index (χ4n) is 2.45. The molecule has 1 aliphatic rings. The molecule has 1 aromatic heterocycles. The largest absolute Gasteiger partial charge is 0.391 e. The number of H-pyrrole nitrogens is 1. The number of hydrogen-bond acceptors (Lipinski definition) is 5. The van der Waals surface area contributed by atoms with Gasteiger partial charge >= 0.3 is 5.69 Å². The summed E-state index contributed by atoms with van der Waals surface area (Å²) in [6.45, 7) is 2.70. The maximum Gasteiger partial charge on any atom is 0.330 e. The third-order valence-electron chi connectivity index (χ3n) is 3.50. The van der Waals surface area contributed by atoms with Crippen LogP contribution in [0.4, 0.5) is 4.39 Å². The quantitative estimate of drug-likeness (QED) is 0.627. The van der Waals surface area contributed by atoms with Gasteiger partial charge in [-0.3, -0.25) is 14.3 Å². The molecule has 0 amide bonds. The van der Waals surface area contributed by atoms with Crippen LogP contribution in [0.25, 0.3) is 0 Å². The SMILES string of the molecule is Cc1cc(=O)[nH]c(=O)n1[C@@H]1O[C@H]([C@H](C)O)[C@H](O)C1(F)C#CCl. The van der Waals surface area contributed by atoms with Crippen molar-refractivity contribution in [3.8, 4) is 11.3 Å². The van der Waals surface area contributed by atoms with Gasteiger partial charge in [0.25, 0.3) is 5.56 Å². The van der Waals surface area contributed by atoms with E-state index in [0.29, 0.717) is 0 Å². The number of hydrogen-bond donors (Lipinski definition) is 3. The minimum absolute atomic E-state index is 0.107. The zero-order valence-electron chi connectivity index (χ0n) is 11.7. The first kappa shape index (κ1) is 16.7. The highest BCUT2D eigenvalue weighted by Crippen LogP contribution is 2.42. The summed E-state index contributed by atoms with van der Waals surface area (Å²) < 4.78 is 21.2. The Hall–Kier alpha value is -1.66. The van der Waals surface area contributed by atoms with E-state index in [1.165, 1.54) is 13.8 Å². The number of nitrogens with zero attached hydrogens (tertiary/aromatic N) is 1. The number of halogens is 2. The number of aromatic nitrogens is 2. The molecule has 5 atom stereocenters. The molecule has 0 radical (unpaired) electrons. The first-order valence-electron chi connectivity index (χ1n) is 6.38. The van der Waals surface area contributed by atoms with E-state index in [2.05, 4.69) is 0 Å². The van der Waals surface area contributed by atoms with E-state index in [1.807, 2.05) is 16.3 Å². The average molecular weight is 333 g/mol. The third-order valence-corrected chi connectivity index (χ3v) is 3.60. The van der Waals surface area contributed by atoms with Crippen LogP contribution in [0.15, 0.2) is 15.7 Å². The smallest absolute Gasteiger partial charge is 0.330 e. The van der Waals surface area contributed by atoms with Gasteiger partial charge in [0, 0.05) is 17.1 Å². The molecule has 1 aromatic rings. The molecule has 0 saturated carbocycles. The zero-order valence-corrected chi connectivity index (χ0v) is 12.5. The van der Waals surface area contributed by atoms with Crippen LogP contribution < -0.4 is 11.2 Å². The average Bonchev–Trinajstić information content (AvgIpc) is 2.63. The summed E-state index contributed by atoms with van der Waals surface area (Å²) in [5.74, 6) is 1.98. The van der Waals surface area contributed by atoms with Crippen molar-refractivity contribution in [2.24, 2.45) is 0 Å². The summed E-state index contributed by atoms with van der Waals surface area (Å²) in [6, 6.07) is 1.07. The van der Waals surface area contributed by atoms with Gasteiger partial charge in [-0.25, -0.2) is 9.18 Å². The van der Waals surface area contributed by atoms with E-state index >= 15 is 4.39 Å². The first-order valence-corrected chi connectivity index (χ1v) is 6.76. The van der Waals surface area contributed by atoms with Crippen LogP contribution in [0.5, 0.6) is 0 Å². The fraction of sp³-hybridized carbons (Fsp3) is 0.538. The van der Waals surface area contributed by atoms with Gasteiger partial charge in [-0.15, -0.1) is 0 Å². The Kier molecular flexibility index (Phi) is 4.44. The van der Waals surface area contributed by atoms with Gasteiger partial charge < -0.3 is 14.9 Å². The Morgan fingerprint density at radius 1 is 1.59 bits per heavy atom. The van der Waals surface area contributed by atoms with Crippen molar-refractivity contribution in [1.82, 2.24) is 9.55 Å². The summed E-state index contributed by atoms with van der Waals surface area (Å²) in [5.41, 5.74) is -4.20. The number of aromatic amines is 1. The minimum Gasteiger partial charge on any atom is -0.391 e. The van der Waals surface area contributed by atoms with Gasteiger partial charge in [-0.2, -0.15) is 0 Å². The fourth-order valence-corrected chi connectivity index (χ4v) is 2.60. The number of alkyl halides is 1. The highest BCUT2D eigenvalue weighted by molar-refractivity contribution is 6.30. The Morgan fingerprint density at radius 2 is 2.23 bits per heavy atom. The third kappa shape index (κ3) is 2.57. The molecule has 7 nitrogen and oxygen atoms in total. The Labute approximate surface area is 129 Å². The van der Waals surface area contributed by atoms with E-state index in [9.17, 15) is 19.8 Å². The Bertz CT molecular complexity index is 749. The van der Waals surface area contributed by atoms with Crippen LogP contribution in [0, 0.1) is 18.2 Å². The highest BCUT2D eigenvalue weighted by Gasteiger charge is 2.59. The van der Waals surface area contributed by atoms with Crippen LogP contribution in [0.1, 0.15) is 18.8 Å². The lowest BCUT2D eigenvalue weighted by Gasteiger charge is -2.25. The molecule has 2 heterocycles. The monoisotopic (exact) mass is 332 g/mol. The number of aliphatic hydroxyl groups excluding tert-OH is 2. The molecular weight excluding hydrogens is 319 g/mol. The molecule has 1 unspecified atom stereocenters. The topological polar surface area (TPSA) is 105 Å². The second-order valence-corrected chi connectivity index (χ2v) is 5.27. The van der Waals surface area contributed by atoms with Crippen molar-refractivity contribution in [3.63, 3.8) is 0 Å². The summed E-state index contributed by atoms with van der Waals surface area (Å²) in [6.07, 6.45) is -6.03. The van der Waals surface area contributed by atoms with Crippen LogP contribution >= 0.6 is 11.6 Å². The van der Waals surface area contributed by atoms with E-state index in [1.54, 1.807) is 0 Å². The summed E-state index contributed by atoms with van der Waals surface area (Å²) in [7, 11) is 0. The standard InChI is InChI=1S/C13H14ClFN2O5/c1-6-5-8(19)16-12(21)17(6)11-13(15,3-4-14)10(20)9(22-11)7(2)18/h5,7,9-11,18,20H,1-2H3,(H,16,19,21)/t7-,9+,10-,11+,13?/m0/s1. The van der Waals surface area contributed by atoms with E-state index in [0.717, 1.165) is 10.6 Å². The maximum absolute atomic E-state index is 15.1. The van der Waals surface area contributed by atoms with Gasteiger partial charge in [-0.1, -0.05) is 0 Å². The lowest BCUT2D eigenvalue weighted by atomic mass is 9.95. The second-order valence-electron chi connectivity index (χ2n) is 5.08. The van der Waals surface area contributed by atoms with Crippen LogP contribution in [0.2, 0.25) is 0 Å². The van der Waals surface area contributed by atoms with E-state index in [-0.39, 0.29) is 5.69 Å². The highest BCUT2D eigenvalue weighted by atomic mass is 35.5. The predicted octanol–water partition coefficient (Wildman–Crippen LogP) is -0.608. The van der Waals surface area contributed by atoms with Gasteiger partial charge in [0.2, 0.25) is 5.67 Å².